The standard InChI is InChI=1S/C11H6ClFN4/c12-8-2-1-3-9(13)7(8)6-17-11(5-15)10(16)4-14/h1-3,6,11,16H/t11-/m0/s1. The summed E-state index contributed by atoms with van der Waals surface area (Å²) in [7, 11) is 0. The monoisotopic (exact) mass is 248 g/mol. The number of rotatable bonds is 3. The Morgan fingerprint density at radius 2 is 2.24 bits per heavy atom. The van der Waals surface area contributed by atoms with Crippen LogP contribution >= 0.6 is 11.6 Å². The third kappa shape index (κ3) is 3.10. The highest BCUT2D eigenvalue weighted by molar-refractivity contribution is 6.33. The molecule has 1 rings (SSSR count). The van der Waals surface area contributed by atoms with Crippen LogP contribution in [0.5, 0.6) is 0 Å². The molecule has 0 fully saturated rings. The summed E-state index contributed by atoms with van der Waals surface area (Å²) < 4.78 is 13.3. The second-order valence-corrected chi connectivity index (χ2v) is 3.38. The van der Waals surface area contributed by atoms with Crippen molar-refractivity contribution in [3.8, 4) is 12.1 Å². The van der Waals surface area contributed by atoms with Crippen molar-refractivity contribution in [1.29, 1.82) is 15.9 Å². The fraction of sp³-hybridized carbons (Fsp3) is 0.0909. The molecule has 17 heavy (non-hydrogen) atoms. The van der Waals surface area contributed by atoms with Crippen molar-refractivity contribution >= 4 is 23.5 Å². The molecule has 0 aliphatic carbocycles. The van der Waals surface area contributed by atoms with Crippen LogP contribution in [0.25, 0.3) is 0 Å². The zero-order valence-electron chi connectivity index (χ0n) is 8.48. The first-order valence-corrected chi connectivity index (χ1v) is 4.83. The van der Waals surface area contributed by atoms with Gasteiger partial charge in [-0.25, -0.2) is 4.39 Å². The number of hydrogen-bond donors (Lipinski definition) is 1. The maximum Gasteiger partial charge on any atom is 0.187 e. The molecule has 0 bridgehead atoms. The largest absolute Gasteiger partial charge is 0.291 e. The van der Waals surface area contributed by atoms with Gasteiger partial charge in [-0.3, -0.25) is 10.4 Å². The highest BCUT2D eigenvalue weighted by atomic mass is 35.5. The molecule has 84 valence electrons. The molecule has 0 spiro atoms. The van der Waals surface area contributed by atoms with Crippen molar-refractivity contribution in [3.05, 3.63) is 34.6 Å². The van der Waals surface area contributed by atoms with E-state index < -0.39 is 17.6 Å². The second-order valence-electron chi connectivity index (χ2n) is 2.97. The lowest BCUT2D eigenvalue weighted by Gasteiger charge is -2.01. The molecule has 0 aliphatic rings. The molecular weight excluding hydrogens is 243 g/mol. The van der Waals surface area contributed by atoms with E-state index in [4.69, 9.17) is 27.5 Å². The number of aliphatic imine (C=N–C) groups is 1. The van der Waals surface area contributed by atoms with Gasteiger partial charge >= 0.3 is 0 Å². The Morgan fingerprint density at radius 1 is 1.53 bits per heavy atom. The highest BCUT2D eigenvalue weighted by Crippen LogP contribution is 2.16. The molecule has 1 N–H and O–H groups in total. The van der Waals surface area contributed by atoms with Crippen LogP contribution in [0, 0.1) is 33.9 Å². The first-order chi connectivity index (χ1) is 8.10. The Bertz CT molecular complexity index is 533. The number of hydrogen-bond acceptors (Lipinski definition) is 4. The van der Waals surface area contributed by atoms with Gasteiger partial charge in [0.25, 0.3) is 0 Å². The fourth-order valence-electron chi connectivity index (χ4n) is 1.02. The van der Waals surface area contributed by atoms with Crippen molar-refractivity contribution < 1.29 is 4.39 Å². The molecule has 1 aromatic rings. The lowest BCUT2D eigenvalue weighted by molar-refractivity contribution is 0.626. The van der Waals surface area contributed by atoms with E-state index in [2.05, 4.69) is 4.99 Å². The van der Waals surface area contributed by atoms with E-state index in [0.29, 0.717) is 0 Å². The van der Waals surface area contributed by atoms with E-state index in [1.165, 1.54) is 24.3 Å². The van der Waals surface area contributed by atoms with Gasteiger partial charge in [0.2, 0.25) is 0 Å². The number of nitriles is 2. The summed E-state index contributed by atoms with van der Waals surface area (Å²) in [6.45, 7) is 0. The summed E-state index contributed by atoms with van der Waals surface area (Å²) in [6.07, 6.45) is 1.05. The molecule has 0 amide bonds. The van der Waals surface area contributed by atoms with Gasteiger partial charge in [0.15, 0.2) is 6.04 Å². The number of benzene rings is 1. The second kappa shape index (κ2) is 5.74. The van der Waals surface area contributed by atoms with Gasteiger partial charge in [-0.1, -0.05) is 17.7 Å². The molecule has 0 aromatic heterocycles. The van der Waals surface area contributed by atoms with Crippen LogP contribution in [0.1, 0.15) is 5.56 Å². The van der Waals surface area contributed by atoms with Gasteiger partial charge < -0.3 is 0 Å². The van der Waals surface area contributed by atoms with Gasteiger partial charge in [0, 0.05) is 11.8 Å². The molecule has 6 heteroatoms. The Balaban J connectivity index is 3.03. The van der Waals surface area contributed by atoms with E-state index >= 15 is 0 Å². The molecule has 0 aliphatic heterocycles. The molecule has 0 unspecified atom stereocenters. The topological polar surface area (TPSA) is 83.8 Å². The minimum atomic E-state index is -1.24. The van der Waals surface area contributed by atoms with Crippen LogP contribution in [0.2, 0.25) is 5.02 Å². The molecule has 0 radical (unpaired) electrons. The number of nitrogens with zero attached hydrogens (tertiary/aromatic N) is 3. The van der Waals surface area contributed by atoms with E-state index in [1.54, 1.807) is 6.07 Å². The minimum Gasteiger partial charge on any atom is -0.291 e. The van der Waals surface area contributed by atoms with Crippen LogP contribution in [0.4, 0.5) is 4.39 Å². The maximum atomic E-state index is 13.3. The van der Waals surface area contributed by atoms with Gasteiger partial charge in [-0.15, -0.1) is 0 Å². The predicted octanol–water partition coefficient (Wildman–Crippen LogP) is 2.33. The van der Waals surface area contributed by atoms with Crippen molar-refractivity contribution in [2.75, 3.05) is 0 Å². The van der Waals surface area contributed by atoms with Crippen molar-refractivity contribution in [2.45, 2.75) is 6.04 Å². The smallest absolute Gasteiger partial charge is 0.187 e. The van der Waals surface area contributed by atoms with E-state index in [-0.39, 0.29) is 10.6 Å². The summed E-state index contributed by atoms with van der Waals surface area (Å²) in [4.78, 5) is 3.65. The normalized spacial score (nSPS) is 11.8. The van der Waals surface area contributed by atoms with E-state index in [0.717, 1.165) is 6.21 Å². The van der Waals surface area contributed by atoms with Crippen molar-refractivity contribution in [1.82, 2.24) is 0 Å². The Hall–Kier alpha value is -2.24. The van der Waals surface area contributed by atoms with E-state index in [1.807, 2.05) is 0 Å². The molecular formula is C11H6ClFN4. The lowest BCUT2D eigenvalue weighted by Crippen LogP contribution is -2.13. The number of halogens is 2. The zero-order valence-corrected chi connectivity index (χ0v) is 9.24. The van der Waals surface area contributed by atoms with Crippen LogP contribution in [0.3, 0.4) is 0 Å². The molecule has 0 heterocycles. The van der Waals surface area contributed by atoms with Crippen LogP contribution in [-0.4, -0.2) is 18.0 Å². The summed E-state index contributed by atoms with van der Waals surface area (Å²) in [5.41, 5.74) is -0.476. The van der Waals surface area contributed by atoms with Crippen molar-refractivity contribution in [2.24, 2.45) is 4.99 Å². The first kappa shape index (κ1) is 12.8. The molecule has 1 aromatic carbocycles. The van der Waals surface area contributed by atoms with Crippen LogP contribution in [0.15, 0.2) is 23.2 Å². The SMILES string of the molecule is N#CC(=N)[C@H](C#N)N=Cc1c(F)cccc1Cl. The maximum absolute atomic E-state index is 13.3. The lowest BCUT2D eigenvalue weighted by atomic mass is 10.2. The third-order valence-electron chi connectivity index (χ3n) is 1.87. The Labute approximate surface area is 102 Å². The molecule has 1 atom stereocenters. The average Bonchev–Trinajstić information content (AvgIpc) is 2.32. The first-order valence-electron chi connectivity index (χ1n) is 4.45. The molecule has 0 saturated heterocycles. The third-order valence-corrected chi connectivity index (χ3v) is 2.20. The summed E-state index contributed by atoms with van der Waals surface area (Å²) in [5.74, 6) is -0.582. The molecule has 0 saturated carbocycles. The van der Waals surface area contributed by atoms with Gasteiger partial charge in [-0.2, -0.15) is 10.5 Å². The predicted molar refractivity (Wildman–Crippen MR) is 61.7 cm³/mol. The van der Waals surface area contributed by atoms with Gasteiger partial charge in [0.05, 0.1) is 11.1 Å². The Morgan fingerprint density at radius 3 is 2.76 bits per heavy atom. The highest BCUT2D eigenvalue weighted by Gasteiger charge is 2.11. The average molecular weight is 249 g/mol. The van der Waals surface area contributed by atoms with Crippen LogP contribution in [-0.2, 0) is 0 Å². The summed E-state index contributed by atoms with van der Waals surface area (Å²) >= 11 is 5.74. The fourth-order valence-corrected chi connectivity index (χ4v) is 1.23. The summed E-state index contributed by atoms with van der Waals surface area (Å²) in [6, 6.07) is 6.03. The summed E-state index contributed by atoms with van der Waals surface area (Å²) in [5, 5.41) is 24.4. The van der Waals surface area contributed by atoms with Gasteiger partial charge in [0.1, 0.15) is 17.6 Å². The Kier molecular flexibility index (Phi) is 4.33. The van der Waals surface area contributed by atoms with Gasteiger partial charge in [-0.05, 0) is 12.1 Å². The molecule has 4 nitrogen and oxygen atoms in total. The van der Waals surface area contributed by atoms with Crippen LogP contribution < -0.4 is 0 Å². The minimum absolute atomic E-state index is 0.0279. The quantitative estimate of drug-likeness (QED) is 0.833. The van der Waals surface area contributed by atoms with Crippen molar-refractivity contribution in [3.63, 3.8) is 0 Å². The zero-order chi connectivity index (χ0) is 12.8. The van der Waals surface area contributed by atoms with E-state index in [9.17, 15) is 4.39 Å². The number of nitrogens with one attached hydrogen (secondary N) is 1.